The number of aryl methyl sites for hydroxylation is 1. The van der Waals surface area contributed by atoms with Gasteiger partial charge in [-0.1, -0.05) is 12.1 Å². The van der Waals surface area contributed by atoms with Crippen molar-refractivity contribution in [1.82, 2.24) is 5.43 Å². The highest BCUT2D eigenvalue weighted by atomic mass is 19.4. The molecule has 1 rings (SSSR count). The first-order chi connectivity index (χ1) is 10.3. The number of nitrogens with one attached hydrogen (secondary N) is 1. The van der Waals surface area contributed by atoms with Crippen molar-refractivity contribution in [3.63, 3.8) is 0 Å². The summed E-state index contributed by atoms with van der Waals surface area (Å²) >= 11 is 0. The van der Waals surface area contributed by atoms with Gasteiger partial charge in [0.2, 0.25) is 0 Å². The Balaban J connectivity index is 2.95. The second kappa shape index (κ2) is 6.01. The van der Waals surface area contributed by atoms with Crippen LogP contribution in [0.1, 0.15) is 11.1 Å². The fourth-order valence-electron chi connectivity index (χ4n) is 1.34. The van der Waals surface area contributed by atoms with Crippen LogP contribution >= 0.6 is 0 Å². The molecule has 0 aromatic heterocycles. The Labute approximate surface area is 123 Å². The number of nitrogens with zero attached hydrogens (tertiary/aromatic N) is 2. The van der Waals surface area contributed by atoms with Crippen LogP contribution < -0.4 is 5.43 Å². The van der Waals surface area contributed by atoms with Gasteiger partial charge in [0.1, 0.15) is 0 Å². The Morgan fingerprint density at radius 3 is 2.22 bits per heavy atom. The van der Waals surface area contributed by atoms with Crippen LogP contribution in [0.2, 0.25) is 0 Å². The number of rotatable bonds is 5. The summed E-state index contributed by atoms with van der Waals surface area (Å²) in [6.45, 7) is 1.38. The van der Waals surface area contributed by atoms with Crippen LogP contribution in [-0.2, 0) is 0 Å². The van der Waals surface area contributed by atoms with Gasteiger partial charge in [0, 0.05) is 17.2 Å². The Morgan fingerprint density at radius 1 is 1.17 bits per heavy atom. The van der Waals surface area contributed by atoms with Gasteiger partial charge in [-0.3, -0.25) is 10.1 Å². The van der Waals surface area contributed by atoms with Crippen LogP contribution in [0.3, 0.4) is 0 Å². The maximum absolute atomic E-state index is 12.9. The first-order valence-electron chi connectivity index (χ1n) is 5.67. The van der Waals surface area contributed by atoms with Crippen LogP contribution in [0.25, 0.3) is 0 Å². The van der Waals surface area contributed by atoms with E-state index in [1.54, 1.807) is 0 Å². The molecule has 0 aliphatic carbocycles. The molecule has 5 nitrogen and oxygen atoms in total. The molecule has 1 N–H and O–H groups in total. The lowest BCUT2D eigenvalue weighted by Crippen LogP contribution is -2.58. The summed E-state index contributed by atoms with van der Waals surface area (Å²) in [7, 11) is 0. The molecule has 0 atom stereocenters. The van der Waals surface area contributed by atoms with Crippen molar-refractivity contribution in [2.45, 2.75) is 25.1 Å². The van der Waals surface area contributed by atoms with E-state index in [2.05, 4.69) is 5.10 Å². The molecule has 0 amide bonds. The van der Waals surface area contributed by atoms with Crippen molar-refractivity contribution in [3.05, 3.63) is 39.4 Å². The highest BCUT2D eigenvalue weighted by Gasteiger charge is 2.73. The molecule has 128 valence electrons. The average Bonchev–Trinajstić information content (AvgIpc) is 2.38. The Hall–Kier alpha value is -2.40. The van der Waals surface area contributed by atoms with Crippen LogP contribution in [0.5, 0.6) is 0 Å². The number of nitro benzene ring substituents is 1. The van der Waals surface area contributed by atoms with Gasteiger partial charge < -0.3 is 0 Å². The third-order valence-electron chi connectivity index (χ3n) is 2.60. The number of nitro groups is 1. The molecule has 0 bridgehead atoms. The van der Waals surface area contributed by atoms with E-state index in [1.807, 2.05) is 0 Å². The topological polar surface area (TPSA) is 67.5 Å². The van der Waals surface area contributed by atoms with Gasteiger partial charge in [-0.05, 0) is 6.92 Å². The van der Waals surface area contributed by atoms with Crippen molar-refractivity contribution >= 4 is 11.9 Å². The Morgan fingerprint density at radius 2 is 1.74 bits per heavy atom. The summed E-state index contributed by atoms with van der Waals surface area (Å²) in [4.78, 5) is 9.86. The lowest BCUT2D eigenvalue weighted by Gasteiger charge is -2.27. The molecule has 12 heteroatoms. The van der Waals surface area contributed by atoms with Gasteiger partial charge in [-0.2, -0.15) is 35.8 Å². The van der Waals surface area contributed by atoms with Gasteiger partial charge in [-0.25, -0.2) is 5.43 Å². The summed E-state index contributed by atoms with van der Waals surface area (Å²) < 4.78 is 86.5. The molecule has 0 aliphatic heterocycles. The van der Waals surface area contributed by atoms with Crippen molar-refractivity contribution in [2.24, 2.45) is 5.10 Å². The monoisotopic (exact) mass is 347 g/mol. The maximum atomic E-state index is 12.9. The number of hydrogen-bond donors (Lipinski definition) is 1. The van der Waals surface area contributed by atoms with Crippen LogP contribution in [-0.4, -0.2) is 29.3 Å². The Kier molecular flexibility index (Phi) is 4.87. The number of halogens is 7. The number of alkyl halides is 7. The third-order valence-corrected chi connectivity index (χ3v) is 2.60. The van der Waals surface area contributed by atoms with Gasteiger partial charge in [0.25, 0.3) is 5.69 Å². The molecule has 1 aromatic rings. The van der Waals surface area contributed by atoms with Gasteiger partial charge in [0.05, 0.1) is 11.1 Å². The second-order valence-corrected chi connectivity index (χ2v) is 4.32. The summed E-state index contributed by atoms with van der Waals surface area (Å²) in [5, 5.41) is 13.2. The highest BCUT2D eigenvalue weighted by molar-refractivity contribution is 5.80. The first kappa shape index (κ1) is 18.6. The van der Waals surface area contributed by atoms with E-state index in [4.69, 9.17) is 0 Å². The van der Waals surface area contributed by atoms with E-state index < -0.39 is 28.8 Å². The highest BCUT2D eigenvalue weighted by Crippen LogP contribution is 2.44. The van der Waals surface area contributed by atoms with Gasteiger partial charge in [-0.15, -0.1) is 0 Å². The molecule has 0 aliphatic rings. The lowest BCUT2D eigenvalue weighted by molar-refractivity contribution is -0.385. The van der Waals surface area contributed by atoms with Crippen LogP contribution in [0, 0.1) is 17.0 Å². The second-order valence-electron chi connectivity index (χ2n) is 4.32. The molecular weight excluding hydrogens is 339 g/mol. The SMILES string of the molecule is Cc1ccc(/C=N/NC(F)(F)C(F)(F)C(F)(F)F)cc1[N+](=O)[O-]. The zero-order chi connectivity index (χ0) is 18.1. The zero-order valence-electron chi connectivity index (χ0n) is 11.2. The summed E-state index contributed by atoms with van der Waals surface area (Å²) in [5.74, 6) is -6.35. The summed E-state index contributed by atoms with van der Waals surface area (Å²) in [6.07, 6.45) is -6.03. The van der Waals surface area contributed by atoms with Crippen molar-refractivity contribution in [2.75, 3.05) is 0 Å². The van der Waals surface area contributed by atoms with Gasteiger partial charge in [0.15, 0.2) is 0 Å². The smallest absolute Gasteiger partial charge is 0.258 e. The van der Waals surface area contributed by atoms with Crippen molar-refractivity contribution < 1.29 is 35.7 Å². The molecule has 1 aromatic carbocycles. The number of benzene rings is 1. The van der Waals surface area contributed by atoms with E-state index in [9.17, 15) is 40.8 Å². The first-order valence-corrected chi connectivity index (χ1v) is 5.67. The molecule has 0 spiro atoms. The van der Waals surface area contributed by atoms with E-state index in [0.717, 1.165) is 6.07 Å². The molecular formula is C11H8F7N3O2. The van der Waals surface area contributed by atoms with E-state index in [0.29, 0.717) is 11.6 Å². The fourth-order valence-corrected chi connectivity index (χ4v) is 1.34. The number of hydrogen-bond acceptors (Lipinski definition) is 4. The van der Waals surface area contributed by atoms with Crippen LogP contribution in [0.4, 0.5) is 36.4 Å². The van der Waals surface area contributed by atoms with Gasteiger partial charge >= 0.3 is 18.1 Å². The van der Waals surface area contributed by atoms with E-state index >= 15 is 0 Å². The third kappa shape index (κ3) is 3.87. The fraction of sp³-hybridized carbons (Fsp3) is 0.364. The van der Waals surface area contributed by atoms with Crippen LogP contribution in [0.15, 0.2) is 23.3 Å². The summed E-state index contributed by atoms with van der Waals surface area (Å²) in [5.41, 5.74) is 0.0910. The predicted octanol–water partition coefficient (Wildman–Crippen LogP) is 3.62. The molecule has 23 heavy (non-hydrogen) atoms. The minimum Gasteiger partial charge on any atom is -0.258 e. The molecule has 0 heterocycles. The van der Waals surface area contributed by atoms with E-state index in [1.165, 1.54) is 19.1 Å². The predicted molar refractivity (Wildman–Crippen MR) is 64.5 cm³/mol. The average molecular weight is 347 g/mol. The lowest BCUT2D eigenvalue weighted by atomic mass is 10.1. The standard InChI is InChI=1S/C11H8F7N3O2/c1-6-2-3-7(4-8(6)21(22)23)5-19-20-11(17,18)9(12,13)10(14,15)16/h2-5,20H,1H3/b19-5+. The minimum atomic E-state index is -6.48. The van der Waals surface area contributed by atoms with Crippen molar-refractivity contribution in [3.8, 4) is 0 Å². The summed E-state index contributed by atoms with van der Waals surface area (Å²) in [6, 6.07) is -2.41. The minimum absolute atomic E-state index is 0.152. The molecule has 0 saturated heterocycles. The zero-order valence-corrected chi connectivity index (χ0v) is 11.2. The molecule has 0 fully saturated rings. The molecule has 0 saturated carbocycles. The van der Waals surface area contributed by atoms with Crippen molar-refractivity contribution in [1.29, 1.82) is 0 Å². The molecule has 0 unspecified atom stereocenters. The Bertz CT molecular complexity index is 629. The normalized spacial score (nSPS) is 13.4. The van der Waals surface area contributed by atoms with E-state index in [-0.39, 0.29) is 11.1 Å². The molecule has 0 radical (unpaired) electrons. The number of hydrazone groups is 1. The maximum Gasteiger partial charge on any atom is 0.462 e. The quantitative estimate of drug-likeness (QED) is 0.291. The largest absolute Gasteiger partial charge is 0.462 e.